The van der Waals surface area contributed by atoms with Gasteiger partial charge in [0.15, 0.2) is 0 Å². The molecule has 24 heavy (non-hydrogen) atoms. The van der Waals surface area contributed by atoms with E-state index in [4.69, 9.17) is 0 Å². The van der Waals surface area contributed by atoms with Crippen LogP contribution in [0, 0.1) is 0 Å². The van der Waals surface area contributed by atoms with Gasteiger partial charge in [-0.2, -0.15) is 5.10 Å². The maximum absolute atomic E-state index is 12.1. The van der Waals surface area contributed by atoms with Crippen molar-refractivity contribution in [1.82, 2.24) is 19.4 Å². The molecule has 1 unspecified atom stereocenters. The highest BCUT2D eigenvalue weighted by atomic mass is 32.2. The lowest BCUT2D eigenvalue weighted by Crippen LogP contribution is -2.39. The van der Waals surface area contributed by atoms with Crippen LogP contribution in [0.1, 0.15) is 35.4 Å². The summed E-state index contributed by atoms with van der Waals surface area (Å²) >= 11 is 1.70. The van der Waals surface area contributed by atoms with Crippen LogP contribution in [0.5, 0.6) is 0 Å². The Morgan fingerprint density at radius 3 is 2.83 bits per heavy atom. The molecule has 124 valence electrons. The molecule has 1 aromatic heterocycles. The Bertz CT molecular complexity index is 817. The van der Waals surface area contributed by atoms with Crippen molar-refractivity contribution in [3.05, 3.63) is 47.3 Å². The first-order chi connectivity index (χ1) is 11.6. The summed E-state index contributed by atoms with van der Waals surface area (Å²) in [4.78, 5) is 24.5. The van der Waals surface area contributed by atoms with Crippen LogP contribution in [-0.2, 0) is 29.7 Å². The van der Waals surface area contributed by atoms with Crippen LogP contribution in [0.3, 0.4) is 0 Å². The minimum absolute atomic E-state index is 0.170. The molecule has 2 aliphatic rings. The van der Waals surface area contributed by atoms with E-state index >= 15 is 0 Å². The number of carbonyl (C=O) groups excluding carboxylic acids is 2. The maximum atomic E-state index is 12.1. The number of amides is 2. The van der Waals surface area contributed by atoms with Gasteiger partial charge in [-0.15, -0.1) is 0 Å². The summed E-state index contributed by atoms with van der Waals surface area (Å²) in [5.74, 6) is -0.560. The van der Waals surface area contributed by atoms with Gasteiger partial charge in [-0.05, 0) is 35.1 Å². The molecule has 4 rings (SSSR count). The molecule has 3 heterocycles. The fourth-order valence-electron chi connectivity index (χ4n) is 3.27. The molecule has 1 N–H and O–H groups in total. The minimum atomic E-state index is -0.215. The first kappa shape index (κ1) is 15.4. The lowest BCUT2D eigenvalue weighted by atomic mass is 9.89. The number of piperidine rings is 1. The molecule has 0 saturated carbocycles. The zero-order valence-corrected chi connectivity index (χ0v) is 14.2. The fraction of sp³-hybridized carbons (Fsp3) is 0.353. The highest BCUT2D eigenvalue weighted by Crippen LogP contribution is 2.35. The van der Waals surface area contributed by atoms with Gasteiger partial charge >= 0.3 is 0 Å². The van der Waals surface area contributed by atoms with Gasteiger partial charge in [-0.25, -0.2) is 4.31 Å². The second-order valence-corrected chi connectivity index (χ2v) is 7.44. The van der Waals surface area contributed by atoms with Crippen LogP contribution in [0.4, 0.5) is 0 Å². The predicted octanol–water partition coefficient (Wildman–Crippen LogP) is 1.96. The number of nitrogens with one attached hydrogen (secondary N) is 1. The molecule has 0 bridgehead atoms. The van der Waals surface area contributed by atoms with Crippen LogP contribution in [0.25, 0.3) is 0 Å². The van der Waals surface area contributed by atoms with E-state index in [1.165, 1.54) is 11.1 Å². The van der Waals surface area contributed by atoms with E-state index in [0.717, 1.165) is 23.5 Å². The first-order valence-electron chi connectivity index (χ1n) is 7.95. The summed E-state index contributed by atoms with van der Waals surface area (Å²) in [7, 11) is 1.91. The molecule has 1 fully saturated rings. The van der Waals surface area contributed by atoms with Gasteiger partial charge in [-0.3, -0.25) is 19.6 Å². The number of benzene rings is 1. The monoisotopic (exact) mass is 342 g/mol. The highest BCUT2D eigenvalue weighted by Gasteiger charge is 2.29. The van der Waals surface area contributed by atoms with Crippen molar-refractivity contribution < 1.29 is 9.59 Å². The molecule has 2 amide bonds. The molecule has 7 heteroatoms. The number of rotatable bonds is 3. The molecule has 0 aliphatic carbocycles. The Hall–Kier alpha value is -2.12. The highest BCUT2D eigenvalue weighted by molar-refractivity contribution is 7.97. The molecule has 1 aromatic carbocycles. The Morgan fingerprint density at radius 1 is 1.25 bits per heavy atom. The molecule has 0 spiro atoms. The normalized spacial score (nSPS) is 21.0. The van der Waals surface area contributed by atoms with Gasteiger partial charge in [0.05, 0.1) is 17.0 Å². The van der Waals surface area contributed by atoms with Crippen molar-refractivity contribution in [2.45, 2.75) is 36.7 Å². The molecule has 6 nitrogen and oxygen atoms in total. The van der Waals surface area contributed by atoms with Crippen molar-refractivity contribution in [1.29, 1.82) is 0 Å². The van der Waals surface area contributed by atoms with Crippen molar-refractivity contribution in [2.75, 3.05) is 0 Å². The van der Waals surface area contributed by atoms with E-state index in [2.05, 4.69) is 26.9 Å². The maximum Gasteiger partial charge on any atom is 0.234 e. The van der Waals surface area contributed by atoms with Gasteiger partial charge in [0.1, 0.15) is 0 Å². The second-order valence-electron chi connectivity index (χ2n) is 6.27. The van der Waals surface area contributed by atoms with Crippen molar-refractivity contribution in [2.24, 2.45) is 7.05 Å². The third kappa shape index (κ3) is 2.97. The summed E-state index contributed by atoms with van der Waals surface area (Å²) in [5.41, 5.74) is 3.56. The van der Waals surface area contributed by atoms with E-state index in [1.54, 1.807) is 16.6 Å². The van der Waals surface area contributed by atoms with E-state index in [0.29, 0.717) is 12.8 Å². The van der Waals surface area contributed by atoms with Crippen LogP contribution in [0.15, 0.2) is 35.5 Å². The molecule has 1 saturated heterocycles. The number of imide groups is 1. The van der Waals surface area contributed by atoms with Gasteiger partial charge in [0, 0.05) is 32.8 Å². The third-order valence-electron chi connectivity index (χ3n) is 4.48. The molecule has 2 aromatic rings. The molecular formula is C17H18N4O2S. The SMILES string of the molecule is Cn1cc(SN2Cc3ccc(C4CCC(=O)NC4=O)cc3C2)cn1. The predicted molar refractivity (Wildman–Crippen MR) is 89.9 cm³/mol. The van der Waals surface area contributed by atoms with Crippen molar-refractivity contribution >= 4 is 23.8 Å². The Morgan fingerprint density at radius 2 is 2.08 bits per heavy atom. The topological polar surface area (TPSA) is 67.2 Å². The molecular weight excluding hydrogens is 324 g/mol. The summed E-state index contributed by atoms with van der Waals surface area (Å²) in [6, 6.07) is 6.26. The number of fused-ring (bicyclic) bond motifs is 1. The van der Waals surface area contributed by atoms with E-state index in [9.17, 15) is 9.59 Å². The van der Waals surface area contributed by atoms with E-state index in [1.807, 2.05) is 25.5 Å². The van der Waals surface area contributed by atoms with Gasteiger partial charge in [-0.1, -0.05) is 18.2 Å². The van der Waals surface area contributed by atoms with Crippen LogP contribution in [-0.4, -0.2) is 25.9 Å². The van der Waals surface area contributed by atoms with E-state index in [-0.39, 0.29) is 17.7 Å². The number of nitrogens with zero attached hydrogens (tertiary/aromatic N) is 3. The van der Waals surface area contributed by atoms with Gasteiger partial charge in [0.2, 0.25) is 11.8 Å². The average molecular weight is 342 g/mol. The van der Waals surface area contributed by atoms with Crippen LogP contribution >= 0.6 is 11.9 Å². The summed E-state index contributed by atoms with van der Waals surface area (Å²) < 4.78 is 4.09. The van der Waals surface area contributed by atoms with Crippen molar-refractivity contribution in [3.8, 4) is 0 Å². The third-order valence-corrected chi connectivity index (χ3v) is 5.42. The Labute approximate surface area is 144 Å². The molecule has 2 aliphatic heterocycles. The molecule has 0 radical (unpaired) electrons. The quantitative estimate of drug-likeness (QED) is 0.682. The van der Waals surface area contributed by atoms with Crippen molar-refractivity contribution in [3.63, 3.8) is 0 Å². The Kier molecular flexibility index (Phi) is 3.90. The largest absolute Gasteiger partial charge is 0.296 e. The van der Waals surface area contributed by atoms with Gasteiger partial charge in [0.25, 0.3) is 0 Å². The zero-order valence-electron chi connectivity index (χ0n) is 13.4. The standard InChI is InChI=1S/C17H18N4O2S/c1-20-10-14(7-18-20)24-21-8-12-3-2-11(6-13(12)9-21)15-4-5-16(22)19-17(15)23/h2-3,6-7,10,15H,4-5,8-9H2,1H3,(H,19,22,23). The number of hydrogen-bond acceptors (Lipinski definition) is 5. The zero-order chi connectivity index (χ0) is 16.7. The van der Waals surface area contributed by atoms with Crippen LogP contribution in [0.2, 0.25) is 0 Å². The average Bonchev–Trinajstić information content (AvgIpc) is 3.12. The number of hydrogen-bond donors (Lipinski definition) is 1. The number of aryl methyl sites for hydroxylation is 1. The second kappa shape index (κ2) is 6.07. The number of aromatic nitrogens is 2. The summed E-state index contributed by atoms with van der Waals surface area (Å²) in [6.45, 7) is 1.72. The summed E-state index contributed by atoms with van der Waals surface area (Å²) in [5, 5.41) is 6.63. The molecule has 1 atom stereocenters. The first-order valence-corrected chi connectivity index (χ1v) is 8.73. The fourth-order valence-corrected chi connectivity index (χ4v) is 4.27. The smallest absolute Gasteiger partial charge is 0.234 e. The Balaban J connectivity index is 1.49. The lowest BCUT2D eigenvalue weighted by molar-refractivity contribution is -0.134. The number of carbonyl (C=O) groups is 2. The van der Waals surface area contributed by atoms with Gasteiger partial charge < -0.3 is 0 Å². The summed E-state index contributed by atoms with van der Waals surface area (Å²) in [6.07, 6.45) is 4.87. The van der Waals surface area contributed by atoms with E-state index < -0.39 is 0 Å². The lowest BCUT2D eigenvalue weighted by Gasteiger charge is -2.21. The minimum Gasteiger partial charge on any atom is -0.296 e. The van der Waals surface area contributed by atoms with Crippen LogP contribution < -0.4 is 5.32 Å².